The summed E-state index contributed by atoms with van der Waals surface area (Å²) < 4.78 is 12.8. The van der Waals surface area contributed by atoms with Crippen molar-refractivity contribution in [1.82, 2.24) is 0 Å². The third kappa shape index (κ3) is 9.40. The van der Waals surface area contributed by atoms with Crippen molar-refractivity contribution < 1.29 is 4.39 Å². The number of allylic oxidation sites excluding steroid dienone is 4. The van der Waals surface area contributed by atoms with Gasteiger partial charge < -0.3 is 0 Å². The van der Waals surface area contributed by atoms with Crippen molar-refractivity contribution >= 4 is 0 Å². The SMILES string of the molecule is CCCCCCC[C@H]1CC[C@H](CCC2CCC(C=CC=C(F)C#N)CC2)CC1. The van der Waals surface area contributed by atoms with Gasteiger partial charge in [0.1, 0.15) is 6.07 Å². The van der Waals surface area contributed by atoms with Gasteiger partial charge in [0.15, 0.2) is 5.83 Å². The van der Waals surface area contributed by atoms with Crippen LogP contribution in [0.25, 0.3) is 0 Å². The van der Waals surface area contributed by atoms with Crippen LogP contribution >= 0.6 is 0 Å². The highest BCUT2D eigenvalue weighted by molar-refractivity contribution is 5.19. The Bertz CT molecular complexity index is 499. The van der Waals surface area contributed by atoms with E-state index >= 15 is 0 Å². The fourth-order valence-electron chi connectivity index (χ4n) is 5.32. The van der Waals surface area contributed by atoms with Crippen molar-refractivity contribution in [2.45, 2.75) is 110 Å². The second kappa shape index (κ2) is 14.0. The standard InChI is InChI=1S/C26H42FN/c1-2-3-4-5-6-8-22-11-15-24(16-12-22)19-20-25-17-13-23(14-18-25)9-7-10-26(27)21-28/h7,9-10,22-25H,2-6,8,11-20H2,1H3/t22-,23?,24-,25?. The van der Waals surface area contributed by atoms with Crippen molar-refractivity contribution in [3.8, 4) is 6.07 Å². The van der Waals surface area contributed by atoms with Crippen LogP contribution in [0, 0.1) is 35.0 Å². The molecule has 0 amide bonds. The van der Waals surface area contributed by atoms with Crippen molar-refractivity contribution in [2.75, 3.05) is 0 Å². The molecule has 0 spiro atoms. The molecule has 2 rings (SSSR count). The summed E-state index contributed by atoms with van der Waals surface area (Å²) in [6, 6.07) is 1.52. The van der Waals surface area contributed by atoms with Gasteiger partial charge >= 0.3 is 0 Å². The zero-order valence-corrected chi connectivity index (χ0v) is 18.2. The molecule has 0 bridgehead atoms. The van der Waals surface area contributed by atoms with Crippen LogP contribution in [0.1, 0.15) is 110 Å². The van der Waals surface area contributed by atoms with E-state index < -0.39 is 5.83 Å². The summed E-state index contributed by atoms with van der Waals surface area (Å²) in [4.78, 5) is 0. The van der Waals surface area contributed by atoms with E-state index in [4.69, 9.17) is 5.26 Å². The monoisotopic (exact) mass is 387 g/mol. The molecule has 0 aromatic carbocycles. The predicted molar refractivity (Wildman–Crippen MR) is 117 cm³/mol. The smallest absolute Gasteiger partial charge is 0.195 e. The average Bonchev–Trinajstić information content (AvgIpc) is 2.73. The largest absolute Gasteiger partial charge is 0.199 e. The highest BCUT2D eigenvalue weighted by Crippen LogP contribution is 2.38. The summed E-state index contributed by atoms with van der Waals surface area (Å²) in [7, 11) is 0. The molecular weight excluding hydrogens is 345 g/mol. The van der Waals surface area contributed by atoms with Gasteiger partial charge in [-0.05, 0) is 55.4 Å². The molecule has 2 aliphatic carbocycles. The topological polar surface area (TPSA) is 23.8 Å². The fraction of sp³-hybridized carbons (Fsp3) is 0.808. The van der Waals surface area contributed by atoms with Gasteiger partial charge in [0, 0.05) is 0 Å². The zero-order chi connectivity index (χ0) is 20.0. The number of unbranched alkanes of at least 4 members (excludes halogenated alkanes) is 4. The Morgan fingerprint density at radius 3 is 1.93 bits per heavy atom. The maximum absolute atomic E-state index is 12.8. The Balaban J connectivity index is 1.52. The first-order valence-corrected chi connectivity index (χ1v) is 12.1. The average molecular weight is 388 g/mol. The number of halogens is 1. The molecule has 158 valence electrons. The maximum Gasteiger partial charge on any atom is 0.199 e. The molecule has 0 saturated heterocycles. The summed E-state index contributed by atoms with van der Waals surface area (Å²) in [6.07, 6.45) is 27.6. The molecule has 2 saturated carbocycles. The van der Waals surface area contributed by atoms with Crippen molar-refractivity contribution in [3.63, 3.8) is 0 Å². The highest BCUT2D eigenvalue weighted by Gasteiger charge is 2.24. The van der Waals surface area contributed by atoms with Gasteiger partial charge in [-0.1, -0.05) is 96.1 Å². The molecule has 28 heavy (non-hydrogen) atoms. The molecule has 0 atom stereocenters. The second-order valence-electron chi connectivity index (χ2n) is 9.46. The Morgan fingerprint density at radius 2 is 1.36 bits per heavy atom. The molecule has 0 aromatic rings. The number of nitriles is 1. The van der Waals surface area contributed by atoms with E-state index in [2.05, 4.69) is 13.0 Å². The van der Waals surface area contributed by atoms with E-state index in [1.54, 1.807) is 6.08 Å². The fourth-order valence-corrected chi connectivity index (χ4v) is 5.32. The predicted octanol–water partition coefficient (Wildman–Crippen LogP) is 8.67. The third-order valence-corrected chi connectivity index (χ3v) is 7.29. The van der Waals surface area contributed by atoms with E-state index in [9.17, 15) is 4.39 Å². The number of hydrogen-bond acceptors (Lipinski definition) is 1. The van der Waals surface area contributed by atoms with E-state index in [0.29, 0.717) is 5.92 Å². The molecular formula is C26H42FN. The van der Waals surface area contributed by atoms with Crippen molar-refractivity contribution in [3.05, 3.63) is 24.1 Å². The van der Waals surface area contributed by atoms with E-state index in [0.717, 1.165) is 17.8 Å². The minimum atomic E-state index is -0.698. The van der Waals surface area contributed by atoms with Crippen LogP contribution in [0.5, 0.6) is 0 Å². The zero-order valence-electron chi connectivity index (χ0n) is 18.2. The summed E-state index contributed by atoms with van der Waals surface area (Å²) in [6.45, 7) is 2.29. The van der Waals surface area contributed by atoms with Gasteiger partial charge in [-0.25, -0.2) is 0 Å². The van der Waals surface area contributed by atoms with E-state index in [1.807, 2.05) is 0 Å². The minimum Gasteiger partial charge on any atom is -0.195 e. The molecule has 2 fully saturated rings. The first kappa shape index (κ1) is 23.2. The van der Waals surface area contributed by atoms with Crippen LogP contribution in [-0.4, -0.2) is 0 Å². The number of nitrogens with zero attached hydrogens (tertiary/aromatic N) is 1. The summed E-state index contributed by atoms with van der Waals surface area (Å²) in [5, 5.41) is 8.43. The molecule has 0 aliphatic heterocycles. The third-order valence-electron chi connectivity index (χ3n) is 7.29. The quantitative estimate of drug-likeness (QED) is 0.197. The number of hydrogen-bond donors (Lipinski definition) is 0. The summed E-state index contributed by atoms with van der Waals surface area (Å²) in [5.41, 5.74) is 0. The van der Waals surface area contributed by atoms with Gasteiger partial charge in [-0.2, -0.15) is 9.65 Å². The summed E-state index contributed by atoms with van der Waals surface area (Å²) >= 11 is 0. The molecule has 2 heteroatoms. The Morgan fingerprint density at radius 1 is 0.821 bits per heavy atom. The lowest BCUT2D eigenvalue weighted by Gasteiger charge is -2.31. The Labute approximate surface area is 173 Å². The van der Waals surface area contributed by atoms with E-state index in [1.165, 1.54) is 115 Å². The number of rotatable bonds is 11. The normalized spacial score (nSPS) is 29.1. The molecule has 0 N–H and O–H groups in total. The van der Waals surface area contributed by atoms with Crippen LogP contribution in [0.3, 0.4) is 0 Å². The minimum absolute atomic E-state index is 0.576. The Kier molecular flexibility index (Phi) is 11.6. The second-order valence-corrected chi connectivity index (χ2v) is 9.46. The molecule has 0 heterocycles. The van der Waals surface area contributed by atoms with Gasteiger partial charge in [0.05, 0.1) is 0 Å². The van der Waals surface area contributed by atoms with Crippen molar-refractivity contribution in [2.24, 2.45) is 23.7 Å². The van der Waals surface area contributed by atoms with E-state index in [-0.39, 0.29) is 0 Å². The van der Waals surface area contributed by atoms with Crippen molar-refractivity contribution in [1.29, 1.82) is 5.26 Å². The lowest BCUT2D eigenvalue weighted by Crippen LogP contribution is -2.17. The maximum atomic E-state index is 12.8. The van der Waals surface area contributed by atoms with Crippen LogP contribution < -0.4 is 0 Å². The van der Waals surface area contributed by atoms with Gasteiger partial charge in [-0.3, -0.25) is 0 Å². The lowest BCUT2D eigenvalue weighted by atomic mass is 9.75. The first-order valence-electron chi connectivity index (χ1n) is 12.1. The van der Waals surface area contributed by atoms with Crippen LogP contribution in [0.2, 0.25) is 0 Å². The first-order chi connectivity index (χ1) is 13.7. The molecule has 1 nitrogen and oxygen atoms in total. The van der Waals surface area contributed by atoms with Gasteiger partial charge in [0.25, 0.3) is 0 Å². The molecule has 2 aliphatic rings. The molecule has 0 radical (unpaired) electrons. The van der Waals surface area contributed by atoms with Crippen LogP contribution in [0.4, 0.5) is 4.39 Å². The van der Waals surface area contributed by atoms with Crippen LogP contribution in [-0.2, 0) is 0 Å². The molecule has 0 aromatic heterocycles. The summed E-state index contributed by atoms with van der Waals surface area (Å²) in [5.74, 6) is 2.81. The highest BCUT2D eigenvalue weighted by atomic mass is 19.1. The Hall–Kier alpha value is -1.10. The lowest BCUT2D eigenvalue weighted by molar-refractivity contribution is 0.219. The van der Waals surface area contributed by atoms with Gasteiger partial charge in [0.2, 0.25) is 0 Å². The van der Waals surface area contributed by atoms with Crippen LogP contribution in [0.15, 0.2) is 24.1 Å². The molecule has 0 unspecified atom stereocenters. The van der Waals surface area contributed by atoms with Gasteiger partial charge in [-0.15, -0.1) is 0 Å².